The van der Waals surface area contributed by atoms with Crippen molar-refractivity contribution in [1.82, 2.24) is 4.90 Å². The van der Waals surface area contributed by atoms with Crippen molar-refractivity contribution in [2.24, 2.45) is 5.41 Å². The van der Waals surface area contributed by atoms with Crippen molar-refractivity contribution in [2.75, 3.05) is 20.2 Å². The van der Waals surface area contributed by atoms with Gasteiger partial charge in [0.05, 0.1) is 0 Å². The fraction of sp³-hybridized carbons (Fsp3) is 0.923. The van der Waals surface area contributed by atoms with E-state index >= 15 is 0 Å². The van der Waals surface area contributed by atoms with Crippen molar-refractivity contribution in [2.45, 2.75) is 51.2 Å². The summed E-state index contributed by atoms with van der Waals surface area (Å²) in [6.45, 7) is 6.38. The zero-order chi connectivity index (χ0) is 14.5. The number of amides is 1. The topological polar surface area (TPSA) is 38.8 Å². The number of halogens is 2. The molecule has 0 aromatic carbocycles. The van der Waals surface area contributed by atoms with Gasteiger partial charge in [0.2, 0.25) is 0 Å². The van der Waals surface area contributed by atoms with Gasteiger partial charge in [0.15, 0.2) is 0 Å². The Kier molecular flexibility index (Phi) is 3.28. The molecule has 1 saturated carbocycles. The Balaban J connectivity index is 1.84. The van der Waals surface area contributed by atoms with Crippen LogP contribution < -0.4 is 0 Å². The van der Waals surface area contributed by atoms with Gasteiger partial charge in [-0.3, -0.25) is 0 Å². The molecule has 0 aromatic rings. The molecule has 0 aromatic heterocycles. The lowest BCUT2D eigenvalue weighted by atomic mass is 9.55. The summed E-state index contributed by atoms with van der Waals surface area (Å²) >= 11 is 0. The number of carbonyl (C=O) groups is 1. The monoisotopic (exact) mass is 277 g/mol. The molecule has 4 nitrogen and oxygen atoms in total. The highest BCUT2D eigenvalue weighted by Gasteiger charge is 2.65. The van der Waals surface area contributed by atoms with E-state index in [1.54, 1.807) is 25.7 Å². The first-order valence-electron chi connectivity index (χ1n) is 6.43. The first-order valence-corrected chi connectivity index (χ1v) is 6.43. The molecule has 6 heteroatoms. The maximum Gasteiger partial charge on any atom is 0.410 e. The van der Waals surface area contributed by atoms with E-state index < -0.39 is 17.6 Å². The van der Waals surface area contributed by atoms with Gasteiger partial charge in [0.1, 0.15) is 11.2 Å². The number of ether oxygens (including phenoxy) is 2. The quantitative estimate of drug-likeness (QED) is 0.779. The highest BCUT2D eigenvalue weighted by molar-refractivity contribution is 5.69. The molecule has 2 rings (SSSR count). The molecule has 2 fully saturated rings. The Bertz CT molecular complexity index is 365. The number of hydrogen-bond acceptors (Lipinski definition) is 3. The summed E-state index contributed by atoms with van der Waals surface area (Å²) < 4.78 is 36.0. The first kappa shape index (κ1) is 14.5. The van der Waals surface area contributed by atoms with Gasteiger partial charge < -0.3 is 14.4 Å². The molecule has 0 bridgehead atoms. The van der Waals surface area contributed by atoms with Crippen LogP contribution in [0.1, 0.15) is 33.6 Å². The minimum absolute atomic E-state index is 0.191. The molecule has 0 radical (unpaired) electrons. The van der Waals surface area contributed by atoms with Crippen molar-refractivity contribution in [3.05, 3.63) is 0 Å². The van der Waals surface area contributed by atoms with Gasteiger partial charge >= 0.3 is 6.09 Å². The summed E-state index contributed by atoms with van der Waals surface area (Å²) in [5.41, 5.74) is -2.03. The fourth-order valence-electron chi connectivity index (χ4n) is 3.05. The lowest BCUT2D eigenvalue weighted by molar-refractivity contribution is -0.248. The highest BCUT2D eigenvalue weighted by atomic mass is 19.3. The standard InChI is InChI=1S/C13H21F2NO3/c1-11(2,3)19-10(17)16-7-12(8-16)5-13(6-12,18-4)9(14)15/h9H,5-8H2,1-4H3. The molecular formula is C13H21F2NO3. The fourth-order valence-corrected chi connectivity index (χ4v) is 3.05. The van der Waals surface area contributed by atoms with E-state index in [0.717, 1.165) is 0 Å². The minimum atomic E-state index is -2.47. The number of likely N-dealkylation sites (tertiary alicyclic amines) is 1. The van der Waals surface area contributed by atoms with Crippen LogP contribution in [-0.4, -0.2) is 48.8 Å². The van der Waals surface area contributed by atoms with Crippen LogP contribution in [0, 0.1) is 5.41 Å². The molecule has 1 spiro atoms. The van der Waals surface area contributed by atoms with Gasteiger partial charge in [-0.05, 0) is 33.6 Å². The van der Waals surface area contributed by atoms with Gasteiger partial charge in [-0.2, -0.15) is 0 Å². The van der Waals surface area contributed by atoms with Gasteiger partial charge in [-0.15, -0.1) is 0 Å². The highest BCUT2D eigenvalue weighted by Crippen LogP contribution is 2.57. The largest absolute Gasteiger partial charge is 0.444 e. The van der Waals surface area contributed by atoms with E-state index in [4.69, 9.17) is 9.47 Å². The summed E-state index contributed by atoms with van der Waals surface area (Å²) in [6, 6.07) is 0. The predicted molar refractivity (Wildman–Crippen MR) is 65.2 cm³/mol. The summed E-state index contributed by atoms with van der Waals surface area (Å²) in [5.74, 6) is 0. The van der Waals surface area contributed by atoms with E-state index in [2.05, 4.69) is 0 Å². The molecule has 110 valence electrons. The van der Waals surface area contributed by atoms with Crippen LogP contribution in [0.3, 0.4) is 0 Å². The van der Waals surface area contributed by atoms with Crippen LogP contribution in [0.15, 0.2) is 0 Å². The van der Waals surface area contributed by atoms with Crippen molar-refractivity contribution in [3.63, 3.8) is 0 Å². The lowest BCUT2D eigenvalue weighted by Crippen LogP contribution is -2.71. The third-order valence-electron chi connectivity index (χ3n) is 3.86. The zero-order valence-corrected chi connectivity index (χ0v) is 11.8. The smallest absolute Gasteiger partial charge is 0.410 e. The van der Waals surface area contributed by atoms with E-state index in [-0.39, 0.29) is 11.5 Å². The molecule has 19 heavy (non-hydrogen) atoms. The number of carbonyl (C=O) groups excluding carboxylic acids is 1. The van der Waals surface area contributed by atoms with Crippen molar-refractivity contribution in [3.8, 4) is 0 Å². The number of rotatable bonds is 2. The first-order chi connectivity index (χ1) is 8.61. The Morgan fingerprint density at radius 1 is 1.26 bits per heavy atom. The summed E-state index contributed by atoms with van der Waals surface area (Å²) in [6.07, 6.45) is -2.22. The third-order valence-corrected chi connectivity index (χ3v) is 3.86. The predicted octanol–water partition coefficient (Wildman–Crippen LogP) is 2.67. The summed E-state index contributed by atoms with van der Waals surface area (Å²) in [4.78, 5) is 13.3. The Morgan fingerprint density at radius 3 is 2.16 bits per heavy atom. The maximum absolute atomic E-state index is 12.9. The van der Waals surface area contributed by atoms with Crippen LogP contribution in [0.25, 0.3) is 0 Å². The molecule has 1 heterocycles. The van der Waals surface area contributed by atoms with Crippen molar-refractivity contribution in [1.29, 1.82) is 0 Å². The lowest BCUT2D eigenvalue weighted by Gasteiger charge is -2.62. The van der Waals surface area contributed by atoms with Crippen LogP contribution in [0.5, 0.6) is 0 Å². The summed E-state index contributed by atoms with van der Waals surface area (Å²) in [5, 5.41) is 0. The second-order valence-corrected chi connectivity index (χ2v) is 6.76. The Morgan fingerprint density at radius 2 is 1.79 bits per heavy atom. The zero-order valence-electron chi connectivity index (χ0n) is 11.8. The maximum atomic E-state index is 12.9. The summed E-state index contributed by atoms with van der Waals surface area (Å²) in [7, 11) is 1.32. The van der Waals surface area contributed by atoms with E-state index in [0.29, 0.717) is 25.9 Å². The van der Waals surface area contributed by atoms with Gasteiger partial charge in [0, 0.05) is 25.6 Å². The molecule has 0 N–H and O–H groups in total. The number of alkyl halides is 2. The van der Waals surface area contributed by atoms with Gasteiger partial charge in [-0.25, -0.2) is 13.6 Å². The van der Waals surface area contributed by atoms with E-state index in [9.17, 15) is 13.6 Å². The van der Waals surface area contributed by atoms with Crippen molar-refractivity contribution < 1.29 is 23.0 Å². The second kappa shape index (κ2) is 4.30. The van der Waals surface area contributed by atoms with Crippen LogP contribution >= 0.6 is 0 Å². The van der Waals surface area contributed by atoms with Gasteiger partial charge in [-0.1, -0.05) is 0 Å². The average Bonchev–Trinajstić information content (AvgIpc) is 2.10. The number of methoxy groups -OCH3 is 1. The Labute approximate surface area is 112 Å². The molecule has 1 saturated heterocycles. The molecule has 1 aliphatic carbocycles. The van der Waals surface area contributed by atoms with Crippen LogP contribution in [0.4, 0.5) is 13.6 Å². The second-order valence-electron chi connectivity index (χ2n) is 6.76. The molecule has 1 amide bonds. The normalized spacial score (nSPS) is 24.1. The Hall–Kier alpha value is -0.910. The average molecular weight is 277 g/mol. The molecule has 1 aliphatic heterocycles. The minimum Gasteiger partial charge on any atom is -0.444 e. The molecule has 2 aliphatic rings. The van der Waals surface area contributed by atoms with Crippen molar-refractivity contribution >= 4 is 6.09 Å². The third kappa shape index (κ3) is 2.55. The van der Waals surface area contributed by atoms with Crippen LogP contribution in [-0.2, 0) is 9.47 Å². The van der Waals surface area contributed by atoms with E-state index in [1.165, 1.54) is 7.11 Å². The number of nitrogens with zero attached hydrogens (tertiary/aromatic N) is 1. The molecule has 0 unspecified atom stereocenters. The molecular weight excluding hydrogens is 256 g/mol. The molecule has 0 atom stereocenters. The van der Waals surface area contributed by atoms with Crippen LogP contribution in [0.2, 0.25) is 0 Å². The van der Waals surface area contributed by atoms with Gasteiger partial charge in [0.25, 0.3) is 6.43 Å². The number of hydrogen-bond donors (Lipinski definition) is 0. The van der Waals surface area contributed by atoms with E-state index in [1.807, 2.05) is 0 Å². The SMILES string of the molecule is COC1(C(F)F)CC2(CN(C(=O)OC(C)(C)C)C2)C1.